The van der Waals surface area contributed by atoms with Gasteiger partial charge in [-0.15, -0.1) is 0 Å². The van der Waals surface area contributed by atoms with Crippen molar-refractivity contribution in [2.75, 3.05) is 5.73 Å². The number of nitrogen functional groups attached to an aromatic ring is 1. The van der Waals surface area contributed by atoms with Crippen LogP contribution in [0.5, 0.6) is 17.4 Å². The van der Waals surface area contributed by atoms with Crippen LogP contribution in [0.4, 0.5) is 5.69 Å². The van der Waals surface area contributed by atoms with E-state index in [1.54, 1.807) is 18.3 Å². The quantitative estimate of drug-likeness (QED) is 0.646. The zero-order valence-corrected chi connectivity index (χ0v) is 10.5. The van der Waals surface area contributed by atoms with Gasteiger partial charge in [0, 0.05) is 18.9 Å². The van der Waals surface area contributed by atoms with Crippen LogP contribution in [0.1, 0.15) is 13.3 Å². The number of aromatic nitrogens is 2. The second-order valence-electron chi connectivity index (χ2n) is 4.02. The Kier molecular flexibility index (Phi) is 3.70. The molecule has 6 nitrogen and oxygen atoms in total. The number of anilines is 1. The van der Waals surface area contributed by atoms with E-state index in [0.717, 1.165) is 6.42 Å². The number of phenols is 1. The highest BCUT2D eigenvalue weighted by atomic mass is 16.5. The molecule has 0 saturated heterocycles. The minimum Gasteiger partial charge on any atom is -0.506 e. The van der Waals surface area contributed by atoms with E-state index in [1.807, 2.05) is 6.92 Å². The van der Waals surface area contributed by atoms with Gasteiger partial charge in [0.15, 0.2) is 5.75 Å². The summed E-state index contributed by atoms with van der Waals surface area (Å²) in [6, 6.07) is 4.58. The lowest BCUT2D eigenvalue weighted by molar-refractivity contribution is 0.436. The fourth-order valence-corrected chi connectivity index (χ4v) is 1.64. The molecule has 2 aromatic rings. The maximum atomic E-state index is 12.0. The molecule has 100 valence electrons. The summed E-state index contributed by atoms with van der Waals surface area (Å²) in [5.41, 5.74) is 5.42. The van der Waals surface area contributed by atoms with Gasteiger partial charge in [0.1, 0.15) is 11.4 Å². The molecule has 0 bridgehead atoms. The van der Waals surface area contributed by atoms with Gasteiger partial charge >= 0.3 is 5.56 Å². The molecule has 1 aromatic carbocycles. The van der Waals surface area contributed by atoms with E-state index in [-0.39, 0.29) is 28.6 Å². The van der Waals surface area contributed by atoms with E-state index < -0.39 is 0 Å². The van der Waals surface area contributed by atoms with E-state index >= 15 is 0 Å². The van der Waals surface area contributed by atoms with Gasteiger partial charge in [0.2, 0.25) is 0 Å². The fourth-order valence-electron chi connectivity index (χ4n) is 1.64. The van der Waals surface area contributed by atoms with Crippen LogP contribution < -0.4 is 16.0 Å². The molecular formula is C13H15N3O3. The summed E-state index contributed by atoms with van der Waals surface area (Å²) in [4.78, 5) is 15.9. The third-order valence-corrected chi connectivity index (χ3v) is 2.60. The van der Waals surface area contributed by atoms with Crippen molar-refractivity contribution in [1.82, 2.24) is 9.55 Å². The van der Waals surface area contributed by atoms with Crippen molar-refractivity contribution in [3.63, 3.8) is 0 Å². The van der Waals surface area contributed by atoms with Crippen molar-refractivity contribution in [3.05, 3.63) is 40.9 Å². The number of rotatable bonds is 4. The topological polar surface area (TPSA) is 90.4 Å². The van der Waals surface area contributed by atoms with Gasteiger partial charge in [-0.2, -0.15) is 0 Å². The van der Waals surface area contributed by atoms with Crippen molar-refractivity contribution >= 4 is 5.69 Å². The highest BCUT2D eigenvalue weighted by Gasteiger charge is 2.10. The first-order valence-electron chi connectivity index (χ1n) is 5.94. The third kappa shape index (κ3) is 2.67. The number of benzene rings is 1. The van der Waals surface area contributed by atoms with Gasteiger partial charge in [0.25, 0.3) is 5.88 Å². The highest BCUT2D eigenvalue weighted by molar-refractivity contribution is 5.62. The first-order valence-corrected chi connectivity index (χ1v) is 5.94. The largest absolute Gasteiger partial charge is 0.506 e. The Morgan fingerprint density at radius 2 is 2.26 bits per heavy atom. The molecule has 0 aliphatic heterocycles. The molecule has 2 rings (SSSR count). The Labute approximate surface area is 110 Å². The molecule has 0 radical (unpaired) electrons. The molecule has 1 aromatic heterocycles. The monoisotopic (exact) mass is 261 g/mol. The summed E-state index contributed by atoms with van der Waals surface area (Å²) < 4.78 is 6.89. The molecule has 0 amide bonds. The zero-order chi connectivity index (χ0) is 13.8. The Bertz CT molecular complexity index is 637. The second-order valence-corrected chi connectivity index (χ2v) is 4.02. The summed E-state index contributed by atoms with van der Waals surface area (Å²) in [7, 11) is 0. The molecule has 19 heavy (non-hydrogen) atoms. The number of nitrogens with zero attached hydrogens (tertiary/aromatic N) is 2. The average molecular weight is 261 g/mol. The van der Waals surface area contributed by atoms with Crippen LogP contribution >= 0.6 is 0 Å². The molecule has 0 saturated carbocycles. The van der Waals surface area contributed by atoms with Crippen LogP contribution in [0.25, 0.3) is 0 Å². The lowest BCUT2D eigenvalue weighted by atomic mass is 10.3. The molecule has 0 unspecified atom stereocenters. The Morgan fingerprint density at radius 1 is 1.47 bits per heavy atom. The molecule has 0 fully saturated rings. The summed E-state index contributed by atoms with van der Waals surface area (Å²) in [5.74, 6) is 0.0504. The average Bonchev–Trinajstić information content (AvgIpc) is 2.40. The maximum Gasteiger partial charge on any atom is 0.313 e. The standard InChI is InChI=1S/C13H15N3O3/c1-2-7-16-8-6-15-12(13(16)18)19-10-5-3-4-9(17)11(10)14/h3-6,8,17H,2,7,14H2,1H3. The van der Waals surface area contributed by atoms with Gasteiger partial charge < -0.3 is 20.1 Å². The molecule has 3 N–H and O–H groups in total. The van der Waals surface area contributed by atoms with Crippen molar-refractivity contribution in [2.24, 2.45) is 0 Å². The van der Waals surface area contributed by atoms with E-state index in [9.17, 15) is 9.90 Å². The minimum absolute atomic E-state index is 0.0618. The van der Waals surface area contributed by atoms with Crippen molar-refractivity contribution in [3.8, 4) is 17.4 Å². The van der Waals surface area contributed by atoms with Gasteiger partial charge in [-0.1, -0.05) is 13.0 Å². The van der Waals surface area contributed by atoms with Gasteiger partial charge in [-0.25, -0.2) is 4.98 Å². The summed E-state index contributed by atoms with van der Waals surface area (Å²) in [6.45, 7) is 2.56. The van der Waals surface area contributed by atoms with Crippen LogP contribution in [0, 0.1) is 0 Å². The number of nitrogens with two attached hydrogens (primary N) is 1. The molecular weight excluding hydrogens is 246 g/mol. The van der Waals surface area contributed by atoms with Crippen molar-refractivity contribution < 1.29 is 9.84 Å². The van der Waals surface area contributed by atoms with E-state index in [0.29, 0.717) is 6.54 Å². The molecule has 0 atom stereocenters. The molecule has 6 heteroatoms. The maximum absolute atomic E-state index is 12.0. The van der Waals surface area contributed by atoms with Gasteiger partial charge in [-0.3, -0.25) is 4.79 Å². The van der Waals surface area contributed by atoms with Crippen LogP contribution in [-0.4, -0.2) is 14.7 Å². The van der Waals surface area contributed by atoms with Crippen molar-refractivity contribution in [2.45, 2.75) is 19.9 Å². The lowest BCUT2D eigenvalue weighted by Crippen LogP contribution is -2.21. The summed E-state index contributed by atoms with van der Waals surface area (Å²) >= 11 is 0. The molecule has 0 spiro atoms. The molecule has 1 heterocycles. The number of para-hydroxylation sites is 1. The number of aryl methyl sites for hydroxylation is 1. The number of aromatic hydroxyl groups is 1. The third-order valence-electron chi connectivity index (χ3n) is 2.60. The Hall–Kier alpha value is -2.50. The smallest absolute Gasteiger partial charge is 0.313 e. The lowest BCUT2D eigenvalue weighted by Gasteiger charge is -2.09. The fraction of sp³-hybridized carbons (Fsp3) is 0.231. The number of phenolic OH excluding ortho intramolecular Hbond substituents is 1. The van der Waals surface area contributed by atoms with Crippen LogP contribution in [0.3, 0.4) is 0 Å². The zero-order valence-electron chi connectivity index (χ0n) is 10.5. The van der Waals surface area contributed by atoms with Gasteiger partial charge in [-0.05, 0) is 18.6 Å². The van der Waals surface area contributed by atoms with E-state index in [2.05, 4.69) is 4.98 Å². The Morgan fingerprint density at radius 3 is 3.00 bits per heavy atom. The van der Waals surface area contributed by atoms with Gasteiger partial charge in [0.05, 0.1) is 0 Å². The number of hydrogen-bond acceptors (Lipinski definition) is 5. The first-order chi connectivity index (χ1) is 9.13. The summed E-state index contributed by atoms with van der Waals surface area (Å²) in [5, 5.41) is 9.48. The SMILES string of the molecule is CCCn1ccnc(Oc2cccc(O)c2N)c1=O. The normalized spacial score (nSPS) is 10.4. The van der Waals surface area contributed by atoms with Crippen LogP contribution in [0.2, 0.25) is 0 Å². The van der Waals surface area contributed by atoms with Crippen LogP contribution in [0.15, 0.2) is 35.4 Å². The molecule has 0 aliphatic rings. The molecule has 0 aliphatic carbocycles. The second kappa shape index (κ2) is 5.43. The Balaban J connectivity index is 2.36. The van der Waals surface area contributed by atoms with Crippen LogP contribution in [-0.2, 0) is 6.54 Å². The predicted octanol–water partition coefficient (Wildman–Crippen LogP) is 1.73. The number of hydrogen-bond donors (Lipinski definition) is 2. The first kappa shape index (κ1) is 12.9. The van der Waals surface area contributed by atoms with Crippen molar-refractivity contribution in [1.29, 1.82) is 0 Å². The minimum atomic E-state index is -0.327. The van der Waals surface area contributed by atoms with E-state index in [1.165, 1.54) is 16.8 Å². The van der Waals surface area contributed by atoms with E-state index in [4.69, 9.17) is 10.5 Å². The highest BCUT2D eigenvalue weighted by Crippen LogP contribution is 2.31. The predicted molar refractivity (Wildman–Crippen MR) is 71.4 cm³/mol. The number of ether oxygens (including phenoxy) is 1. The summed E-state index contributed by atoms with van der Waals surface area (Å²) in [6.07, 6.45) is 3.92.